The molecule has 1 nitrogen and oxygen atoms in total. The zero-order valence-corrected chi connectivity index (χ0v) is 9.01. The molecule has 0 aromatic rings. The molecule has 0 aromatic heterocycles. The van der Waals surface area contributed by atoms with Crippen LogP contribution in [0.3, 0.4) is 0 Å². The smallest absolute Gasteiger partial charge is 0.0675 e. The Morgan fingerprint density at radius 3 is 2.69 bits per heavy atom. The summed E-state index contributed by atoms with van der Waals surface area (Å²) in [5.74, 6) is 0. The second kappa shape index (κ2) is 8.31. The third kappa shape index (κ3) is 9.62. The Kier molecular flexibility index (Phi) is 8.11. The maximum atomic E-state index is 5.51. The number of hydrogen-bond acceptors (Lipinski definition) is 1. The van der Waals surface area contributed by atoms with E-state index in [-0.39, 0.29) is 6.10 Å². The largest absolute Gasteiger partial charge is 0.374 e. The van der Waals surface area contributed by atoms with Crippen molar-refractivity contribution in [2.75, 3.05) is 6.61 Å². The molecule has 1 heteroatoms. The summed E-state index contributed by atoms with van der Waals surface area (Å²) < 4.78 is 5.51. The molecule has 1 unspecified atom stereocenters. The minimum Gasteiger partial charge on any atom is -0.374 e. The molecular weight excluding hydrogens is 160 g/mol. The van der Waals surface area contributed by atoms with E-state index in [0.29, 0.717) is 6.61 Å². The van der Waals surface area contributed by atoms with Crippen molar-refractivity contribution in [3.8, 4) is 0 Å². The van der Waals surface area contributed by atoms with E-state index >= 15 is 0 Å². The first kappa shape index (κ1) is 12.7. The van der Waals surface area contributed by atoms with E-state index in [1.54, 1.807) is 0 Å². The van der Waals surface area contributed by atoms with Crippen molar-refractivity contribution in [3.05, 3.63) is 25.5 Å². The molecular formula is C12H22O. The number of rotatable bonds is 8. The van der Waals surface area contributed by atoms with Crippen LogP contribution in [-0.2, 0) is 4.74 Å². The van der Waals surface area contributed by atoms with Crippen molar-refractivity contribution in [2.45, 2.75) is 45.6 Å². The highest BCUT2D eigenvalue weighted by Gasteiger charge is 2.01. The summed E-state index contributed by atoms with van der Waals surface area (Å²) in [5.41, 5.74) is 1.08. The second-order valence-electron chi connectivity index (χ2n) is 3.56. The highest BCUT2D eigenvalue weighted by Crippen LogP contribution is 2.07. The molecule has 13 heavy (non-hydrogen) atoms. The topological polar surface area (TPSA) is 9.23 Å². The van der Waals surface area contributed by atoms with Gasteiger partial charge in [0.1, 0.15) is 0 Å². The van der Waals surface area contributed by atoms with Gasteiger partial charge in [-0.15, -0.1) is 0 Å². The van der Waals surface area contributed by atoms with Crippen molar-refractivity contribution in [1.82, 2.24) is 0 Å². The Morgan fingerprint density at radius 1 is 1.46 bits per heavy atom. The second-order valence-corrected chi connectivity index (χ2v) is 3.56. The van der Waals surface area contributed by atoms with E-state index in [4.69, 9.17) is 4.74 Å². The fourth-order valence-corrected chi connectivity index (χ4v) is 1.02. The molecule has 0 bridgehead atoms. The summed E-state index contributed by atoms with van der Waals surface area (Å²) in [6.45, 7) is 12.3. The minimum atomic E-state index is 0.251. The predicted octanol–water partition coefficient (Wildman–Crippen LogP) is 3.57. The fourth-order valence-electron chi connectivity index (χ4n) is 1.02. The highest BCUT2D eigenvalue weighted by molar-refractivity contribution is 4.88. The summed E-state index contributed by atoms with van der Waals surface area (Å²) in [6, 6.07) is 0. The van der Waals surface area contributed by atoms with Crippen LogP contribution in [0.2, 0.25) is 0 Å². The number of unbranched alkanes of at least 4 members (excludes halogenated alkanes) is 3. The van der Waals surface area contributed by atoms with Crippen LogP contribution in [0.4, 0.5) is 0 Å². The monoisotopic (exact) mass is 182 g/mol. The zero-order valence-electron chi connectivity index (χ0n) is 9.01. The lowest BCUT2D eigenvalue weighted by Crippen LogP contribution is -2.10. The van der Waals surface area contributed by atoms with E-state index in [2.05, 4.69) is 26.8 Å². The number of hydrogen-bond donors (Lipinski definition) is 0. The first-order valence-corrected chi connectivity index (χ1v) is 5.05. The van der Waals surface area contributed by atoms with Crippen molar-refractivity contribution in [1.29, 1.82) is 0 Å². The molecule has 0 saturated heterocycles. The van der Waals surface area contributed by atoms with Crippen LogP contribution >= 0.6 is 0 Å². The molecule has 2 radical (unpaired) electrons. The van der Waals surface area contributed by atoms with Gasteiger partial charge >= 0.3 is 0 Å². The molecule has 0 aliphatic carbocycles. The van der Waals surface area contributed by atoms with Gasteiger partial charge in [0, 0.05) is 0 Å². The Bertz CT molecular complexity index is 129. The maximum absolute atomic E-state index is 5.51. The van der Waals surface area contributed by atoms with Gasteiger partial charge in [-0.05, 0) is 26.7 Å². The van der Waals surface area contributed by atoms with E-state index in [1.165, 1.54) is 12.8 Å². The summed E-state index contributed by atoms with van der Waals surface area (Å²) in [6.07, 6.45) is 7.08. The molecule has 0 saturated carbocycles. The van der Waals surface area contributed by atoms with E-state index < -0.39 is 0 Å². The molecule has 0 spiro atoms. The lowest BCUT2D eigenvalue weighted by Gasteiger charge is -2.12. The Hall–Kier alpha value is -0.300. The first-order valence-electron chi connectivity index (χ1n) is 5.05. The molecule has 0 fully saturated rings. The lowest BCUT2D eigenvalue weighted by molar-refractivity contribution is 0.104. The normalized spacial score (nSPS) is 12.8. The van der Waals surface area contributed by atoms with E-state index in [9.17, 15) is 0 Å². The van der Waals surface area contributed by atoms with Crippen molar-refractivity contribution >= 4 is 0 Å². The average Bonchev–Trinajstić information content (AvgIpc) is 2.09. The Balaban J connectivity index is 3.19. The number of ether oxygens (including phenoxy) is 1. The molecule has 0 heterocycles. The van der Waals surface area contributed by atoms with Crippen LogP contribution in [0.1, 0.15) is 39.5 Å². The average molecular weight is 182 g/mol. The van der Waals surface area contributed by atoms with Crippen LogP contribution in [0.5, 0.6) is 0 Å². The summed E-state index contributed by atoms with van der Waals surface area (Å²) in [5, 5.41) is 0. The molecule has 0 aliphatic heterocycles. The van der Waals surface area contributed by atoms with Gasteiger partial charge in [-0.3, -0.25) is 0 Å². The van der Waals surface area contributed by atoms with Gasteiger partial charge in [0.2, 0.25) is 0 Å². The molecule has 0 N–H and O–H groups in total. The molecule has 0 aliphatic rings. The summed E-state index contributed by atoms with van der Waals surface area (Å²) in [4.78, 5) is 0. The zero-order chi connectivity index (χ0) is 10.1. The molecule has 0 aromatic carbocycles. The minimum absolute atomic E-state index is 0.251. The van der Waals surface area contributed by atoms with Crippen LogP contribution in [0.25, 0.3) is 0 Å². The van der Waals surface area contributed by atoms with Gasteiger partial charge in [0.05, 0.1) is 12.7 Å². The Labute approximate surface area is 83.2 Å². The van der Waals surface area contributed by atoms with Gasteiger partial charge in [0.15, 0.2) is 0 Å². The van der Waals surface area contributed by atoms with Gasteiger partial charge in [-0.2, -0.15) is 0 Å². The summed E-state index contributed by atoms with van der Waals surface area (Å²) in [7, 11) is 0. The molecule has 1 atom stereocenters. The van der Waals surface area contributed by atoms with Crippen LogP contribution in [0, 0.1) is 13.3 Å². The van der Waals surface area contributed by atoms with E-state index in [1.807, 2.05) is 6.92 Å². The van der Waals surface area contributed by atoms with Crippen molar-refractivity contribution in [3.63, 3.8) is 0 Å². The highest BCUT2D eigenvalue weighted by atomic mass is 16.5. The third-order valence-electron chi connectivity index (χ3n) is 1.80. The summed E-state index contributed by atoms with van der Waals surface area (Å²) >= 11 is 0. The SMILES string of the molecule is [CH2]CCCC[CH]C(C)OCC(=C)C. The lowest BCUT2D eigenvalue weighted by atomic mass is 10.1. The van der Waals surface area contributed by atoms with Gasteiger partial charge in [-0.25, -0.2) is 0 Å². The van der Waals surface area contributed by atoms with Crippen molar-refractivity contribution < 1.29 is 4.74 Å². The van der Waals surface area contributed by atoms with Crippen LogP contribution in [-0.4, -0.2) is 12.7 Å². The standard InChI is InChI=1S/C12H22O/c1-5-6-7-8-9-12(4)13-10-11(2)3/h9,12H,1-2,5-8,10H2,3-4H3. The maximum Gasteiger partial charge on any atom is 0.0675 e. The third-order valence-corrected chi connectivity index (χ3v) is 1.80. The molecule has 0 rings (SSSR count). The quantitative estimate of drug-likeness (QED) is 0.412. The fraction of sp³-hybridized carbons (Fsp3) is 0.667. The first-order chi connectivity index (χ1) is 6.16. The predicted molar refractivity (Wildman–Crippen MR) is 58.4 cm³/mol. The van der Waals surface area contributed by atoms with E-state index in [0.717, 1.165) is 18.4 Å². The van der Waals surface area contributed by atoms with Crippen LogP contribution in [0.15, 0.2) is 12.2 Å². The van der Waals surface area contributed by atoms with Gasteiger partial charge < -0.3 is 4.74 Å². The van der Waals surface area contributed by atoms with Gasteiger partial charge in [0.25, 0.3) is 0 Å². The van der Waals surface area contributed by atoms with Crippen molar-refractivity contribution in [2.24, 2.45) is 0 Å². The molecule has 0 amide bonds. The van der Waals surface area contributed by atoms with Gasteiger partial charge in [-0.1, -0.05) is 38.3 Å². The Morgan fingerprint density at radius 2 is 2.15 bits per heavy atom. The molecule has 76 valence electrons. The van der Waals surface area contributed by atoms with Crippen LogP contribution < -0.4 is 0 Å².